The van der Waals surface area contributed by atoms with Crippen LogP contribution in [0.3, 0.4) is 0 Å². The topological polar surface area (TPSA) is 356 Å². The molecule has 7 aromatic rings. The standard InChI is InChI=1S/C45H62N26S3/c1-4-73-44-59-29(3)58-39(70-44)49-22-12-19-35-66-43(71-45(67-35)74-30-13-6-5-7-14-30)52-24-11-18-34-64-41(69-42(65-34)53-25-26-72)51-21-8-15-31-54-27-55-38(62-31)48-20-10-17-33-61-37(47)68-40(63-33)50-23-9-16-32-56-28(2)57-36(46)60-32/h5-7,13-14,27,72H,4,8-12,15-26H2,1-3H3,(H2,46,56,57,60)(H,48,54,55,62)(H,49,58,59,70)(H,52,66,67,71)(H3,47,50,61,63,68)(H2,51,53,64,65,69). The average molecular weight is 1060 g/mol. The Morgan fingerprint density at radius 3 is 1.49 bits per heavy atom. The molecule has 0 amide bonds. The van der Waals surface area contributed by atoms with E-state index in [0.717, 1.165) is 29.9 Å². The minimum atomic E-state index is 0.152. The highest BCUT2D eigenvalue weighted by Crippen LogP contribution is 2.25. The Labute approximate surface area is 443 Å². The number of hydrogen-bond acceptors (Lipinski definition) is 29. The summed E-state index contributed by atoms with van der Waals surface area (Å²) in [5.41, 5.74) is 11.7. The van der Waals surface area contributed by atoms with Gasteiger partial charge in [-0.15, -0.1) is 0 Å². The summed E-state index contributed by atoms with van der Waals surface area (Å²) in [5.74, 6) is 9.35. The number of rotatable bonds is 32. The molecule has 6 aromatic heterocycles. The van der Waals surface area contributed by atoms with Crippen molar-refractivity contribution in [1.82, 2.24) is 89.7 Å². The minimum Gasteiger partial charge on any atom is -0.368 e. The molecule has 6 heterocycles. The van der Waals surface area contributed by atoms with Crippen LogP contribution in [0.15, 0.2) is 51.9 Å². The summed E-state index contributed by atoms with van der Waals surface area (Å²) >= 11 is 7.44. The smallest absolute Gasteiger partial charge is 0.227 e. The number of thiol groups is 1. The number of aromatic nitrogens is 18. The van der Waals surface area contributed by atoms with Crippen LogP contribution < -0.4 is 43.4 Å². The zero-order chi connectivity index (χ0) is 51.7. The molecule has 74 heavy (non-hydrogen) atoms. The number of nitrogens with two attached hydrogens (primary N) is 2. The molecule has 7 rings (SSSR count). The van der Waals surface area contributed by atoms with Gasteiger partial charge in [-0.05, 0) is 75.6 Å². The largest absolute Gasteiger partial charge is 0.368 e. The molecule has 0 aliphatic carbocycles. The summed E-state index contributed by atoms with van der Waals surface area (Å²) in [6.07, 6.45) is 8.21. The molecule has 0 radical (unpaired) electrons. The highest BCUT2D eigenvalue weighted by molar-refractivity contribution is 7.99. The first-order valence-electron chi connectivity index (χ1n) is 24.4. The van der Waals surface area contributed by atoms with Gasteiger partial charge in [-0.1, -0.05) is 36.9 Å². The monoisotopic (exact) mass is 1060 g/mol. The fourth-order valence-electron chi connectivity index (χ4n) is 6.89. The Hall–Kier alpha value is -7.27. The molecule has 0 saturated carbocycles. The molecule has 10 N–H and O–H groups in total. The Balaban J connectivity index is 0.844. The third kappa shape index (κ3) is 19.3. The minimum absolute atomic E-state index is 0.152. The van der Waals surface area contributed by atoms with Crippen molar-refractivity contribution >= 4 is 83.7 Å². The van der Waals surface area contributed by atoms with E-state index in [1.54, 1.807) is 18.7 Å². The van der Waals surface area contributed by atoms with Crippen molar-refractivity contribution in [2.24, 2.45) is 0 Å². The second-order valence-electron chi connectivity index (χ2n) is 16.2. The summed E-state index contributed by atoms with van der Waals surface area (Å²) < 4.78 is 0. The van der Waals surface area contributed by atoms with E-state index in [9.17, 15) is 0 Å². The lowest BCUT2D eigenvalue weighted by Crippen LogP contribution is -2.15. The lowest BCUT2D eigenvalue weighted by atomic mass is 10.3. The first kappa shape index (κ1) is 54.5. The molecule has 29 heteroatoms. The quantitative estimate of drug-likeness (QED) is 0.0160. The van der Waals surface area contributed by atoms with E-state index in [0.29, 0.717) is 177 Å². The molecule has 0 aliphatic heterocycles. The molecule has 0 atom stereocenters. The van der Waals surface area contributed by atoms with Crippen LogP contribution in [0.1, 0.15) is 79.8 Å². The number of anilines is 8. The van der Waals surface area contributed by atoms with E-state index < -0.39 is 0 Å². The summed E-state index contributed by atoms with van der Waals surface area (Å²) in [6, 6.07) is 10.1. The van der Waals surface area contributed by atoms with Gasteiger partial charge in [0.2, 0.25) is 47.6 Å². The zero-order valence-corrected chi connectivity index (χ0v) is 44.2. The van der Waals surface area contributed by atoms with Crippen molar-refractivity contribution < 1.29 is 0 Å². The van der Waals surface area contributed by atoms with Gasteiger partial charge in [0.25, 0.3) is 0 Å². The van der Waals surface area contributed by atoms with Crippen LogP contribution in [0.2, 0.25) is 0 Å². The third-order valence-corrected chi connectivity index (χ3v) is 11.9. The van der Waals surface area contributed by atoms with Gasteiger partial charge >= 0.3 is 0 Å². The van der Waals surface area contributed by atoms with E-state index >= 15 is 0 Å². The first-order valence-corrected chi connectivity index (χ1v) is 26.9. The molecule has 0 saturated heterocycles. The molecule has 0 fully saturated rings. The van der Waals surface area contributed by atoms with E-state index in [4.69, 9.17) is 31.4 Å². The number of aryl methyl sites for hydroxylation is 7. The van der Waals surface area contributed by atoms with Crippen molar-refractivity contribution in [1.29, 1.82) is 0 Å². The molecule has 0 spiro atoms. The van der Waals surface area contributed by atoms with E-state index in [1.807, 2.05) is 37.3 Å². The molecule has 0 aliphatic rings. The van der Waals surface area contributed by atoms with Crippen LogP contribution in [0.4, 0.5) is 47.6 Å². The molecule has 390 valence electrons. The number of nitrogens with one attached hydrogen (secondary N) is 6. The molecular formula is C45H62N26S3. The van der Waals surface area contributed by atoms with E-state index in [2.05, 4.69) is 121 Å². The van der Waals surface area contributed by atoms with Crippen molar-refractivity contribution in [2.75, 3.05) is 94.1 Å². The Morgan fingerprint density at radius 1 is 0.432 bits per heavy atom. The number of nitrogens with zero attached hydrogens (tertiary/aromatic N) is 18. The summed E-state index contributed by atoms with van der Waals surface area (Å²) in [5, 5.41) is 21.1. The fourth-order valence-corrected chi connectivity index (χ4v) is 8.39. The normalized spacial score (nSPS) is 11.1. The zero-order valence-electron chi connectivity index (χ0n) is 41.7. The Kier molecular flexibility index (Phi) is 21.7. The number of nitrogen functional groups attached to an aromatic ring is 2. The van der Waals surface area contributed by atoms with Gasteiger partial charge in [-0.3, -0.25) is 0 Å². The van der Waals surface area contributed by atoms with Crippen molar-refractivity contribution in [3.63, 3.8) is 0 Å². The van der Waals surface area contributed by atoms with Gasteiger partial charge < -0.3 is 43.4 Å². The van der Waals surface area contributed by atoms with Gasteiger partial charge in [0.05, 0.1) is 0 Å². The second kappa shape index (κ2) is 29.4. The predicted octanol–water partition coefficient (Wildman–Crippen LogP) is 4.41. The van der Waals surface area contributed by atoms with Gasteiger partial charge in [0, 0.05) is 82.0 Å². The first-order chi connectivity index (χ1) is 36.1. The maximum Gasteiger partial charge on any atom is 0.227 e. The lowest BCUT2D eigenvalue weighted by Gasteiger charge is -2.11. The van der Waals surface area contributed by atoms with Crippen molar-refractivity contribution in [3.05, 3.63) is 77.4 Å². The third-order valence-electron chi connectivity index (χ3n) is 10.1. The number of thioether (sulfide) groups is 1. The van der Waals surface area contributed by atoms with E-state index in [1.165, 1.54) is 18.1 Å². The van der Waals surface area contributed by atoms with Crippen LogP contribution in [0.5, 0.6) is 0 Å². The maximum absolute atomic E-state index is 5.99. The predicted molar refractivity (Wildman–Crippen MR) is 291 cm³/mol. The molecule has 1 aromatic carbocycles. The summed E-state index contributed by atoms with van der Waals surface area (Å²) in [7, 11) is 0. The van der Waals surface area contributed by atoms with E-state index in [-0.39, 0.29) is 11.9 Å². The van der Waals surface area contributed by atoms with Gasteiger partial charge in [-0.25, -0.2) is 24.9 Å². The van der Waals surface area contributed by atoms with Crippen LogP contribution in [-0.4, -0.2) is 140 Å². The summed E-state index contributed by atoms with van der Waals surface area (Å²) in [6.45, 7) is 9.34. The number of benzene rings is 1. The second-order valence-corrected chi connectivity index (χ2v) is 18.9. The highest BCUT2D eigenvalue weighted by atomic mass is 32.2. The van der Waals surface area contributed by atoms with Crippen LogP contribution in [-0.2, 0) is 32.1 Å². The van der Waals surface area contributed by atoms with Crippen molar-refractivity contribution in [3.8, 4) is 0 Å². The van der Waals surface area contributed by atoms with Gasteiger partial charge in [0.1, 0.15) is 47.1 Å². The maximum atomic E-state index is 5.99. The van der Waals surface area contributed by atoms with Gasteiger partial charge in [0.15, 0.2) is 10.3 Å². The van der Waals surface area contributed by atoms with Crippen LogP contribution in [0, 0.1) is 13.8 Å². The fraction of sp³-hybridized carbons (Fsp3) is 0.467. The highest BCUT2D eigenvalue weighted by Gasteiger charge is 2.13. The molecule has 26 nitrogen and oxygen atoms in total. The molecule has 0 bridgehead atoms. The van der Waals surface area contributed by atoms with Crippen LogP contribution >= 0.6 is 36.2 Å². The average Bonchev–Trinajstić information content (AvgIpc) is 3.37. The van der Waals surface area contributed by atoms with Crippen molar-refractivity contribution in [2.45, 2.75) is 100 Å². The van der Waals surface area contributed by atoms with Gasteiger partial charge in [-0.2, -0.15) is 77.4 Å². The number of hydrogen-bond donors (Lipinski definition) is 9. The molecule has 0 unspecified atom stereocenters. The SMILES string of the molecule is CCSc1nc(C)nc(NCCCc2nc(NCCCc3nc(NCCS)nc(NCCCc4ncnc(NCCCc5nc(N)nc(NCCCc6nc(C)nc(N)n6)n5)n4)n3)nc(Sc3ccccc3)n2)n1. The lowest BCUT2D eigenvalue weighted by molar-refractivity contribution is 0.738. The Morgan fingerprint density at radius 2 is 0.892 bits per heavy atom. The Bertz CT molecular complexity index is 2810. The molecular weight excluding hydrogens is 1000 g/mol. The summed E-state index contributed by atoms with van der Waals surface area (Å²) in [4.78, 5) is 81.6. The van der Waals surface area contributed by atoms with Crippen LogP contribution in [0.25, 0.3) is 0 Å².